The maximum atomic E-state index is 13.0. The van der Waals surface area contributed by atoms with E-state index in [1.54, 1.807) is 12.4 Å². The van der Waals surface area contributed by atoms with E-state index in [0.29, 0.717) is 13.2 Å². The van der Waals surface area contributed by atoms with Crippen LogP contribution in [0.3, 0.4) is 0 Å². The minimum Gasteiger partial charge on any atom is -0.486 e. The Morgan fingerprint density at radius 2 is 2.19 bits per heavy atom. The molecule has 0 N–H and O–H groups in total. The van der Waals surface area contributed by atoms with E-state index in [4.69, 9.17) is 9.47 Å². The zero-order valence-electron chi connectivity index (χ0n) is 15.1. The van der Waals surface area contributed by atoms with Crippen LogP contribution in [0, 0.1) is 6.92 Å². The average Bonchev–Trinajstić information content (AvgIpc) is 3.04. The van der Waals surface area contributed by atoms with Gasteiger partial charge < -0.3 is 14.4 Å². The van der Waals surface area contributed by atoms with E-state index in [0.717, 1.165) is 42.7 Å². The molecule has 1 amide bonds. The van der Waals surface area contributed by atoms with Crippen molar-refractivity contribution in [3.63, 3.8) is 0 Å². The maximum absolute atomic E-state index is 13.0. The number of carbonyl (C=O) groups excluding carboxylic acids is 1. The molecule has 1 aromatic heterocycles. The van der Waals surface area contributed by atoms with Gasteiger partial charge in [-0.25, -0.2) is 0 Å². The molecule has 0 saturated carbocycles. The van der Waals surface area contributed by atoms with Crippen molar-refractivity contribution >= 4 is 5.91 Å². The van der Waals surface area contributed by atoms with Crippen LogP contribution in [0.4, 0.5) is 0 Å². The van der Waals surface area contributed by atoms with Gasteiger partial charge in [-0.2, -0.15) is 0 Å². The van der Waals surface area contributed by atoms with Crippen LogP contribution in [-0.4, -0.2) is 47.2 Å². The van der Waals surface area contributed by atoms with Gasteiger partial charge in [0, 0.05) is 24.7 Å². The molecule has 4 rings (SSSR count). The molecule has 2 fully saturated rings. The summed E-state index contributed by atoms with van der Waals surface area (Å²) < 4.78 is 12.2. The molecule has 2 saturated heterocycles. The topological polar surface area (TPSA) is 51.7 Å². The largest absolute Gasteiger partial charge is 0.486 e. The normalized spacial score (nSPS) is 25.4. The van der Waals surface area contributed by atoms with Gasteiger partial charge in [0.25, 0.3) is 5.91 Å². The molecule has 2 aliphatic heterocycles. The number of hydrogen-bond acceptors (Lipinski definition) is 4. The van der Waals surface area contributed by atoms with Crippen molar-refractivity contribution in [2.24, 2.45) is 0 Å². The summed E-state index contributed by atoms with van der Waals surface area (Å²) in [5.41, 5.74) is 1.51. The Morgan fingerprint density at radius 1 is 1.31 bits per heavy atom. The number of ether oxygens (including phenoxy) is 2. The van der Waals surface area contributed by atoms with Gasteiger partial charge in [0.1, 0.15) is 11.9 Å². The Labute approximate surface area is 153 Å². The van der Waals surface area contributed by atoms with Crippen molar-refractivity contribution in [2.75, 3.05) is 19.7 Å². The van der Waals surface area contributed by atoms with Crippen LogP contribution >= 0.6 is 0 Å². The molecular weight excluding hydrogens is 328 g/mol. The molecule has 3 heterocycles. The van der Waals surface area contributed by atoms with Crippen molar-refractivity contribution in [1.29, 1.82) is 0 Å². The smallest absolute Gasteiger partial charge is 0.254 e. The van der Waals surface area contributed by atoms with Gasteiger partial charge in [0.15, 0.2) is 0 Å². The molecule has 0 aliphatic carbocycles. The number of carbonyl (C=O) groups is 1. The number of pyridine rings is 1. The number of amides is 1. The lowest BCUT2D eigenvalue weighted by atomic mass is 9.88. The first kappa shape index (κ1) is 17.0. The highest BCUT2D eigenvalue weighted by molar-refractivity contribution is 5.95. The van der Waals surface area contributed by atoms with Gasteiger partial charge in [0.2, 0.25) is 0 Å². The van der Waals surface area contributed by atoms with Gasteiger partial charge in [-0.05, 0) is 43.5 Å². The second-order valence-corrected chi connectivity index (χ2v) is 7.27. The number of piperidine rings is 1. The first-order valence-corrected chi connectivity index (χ1v) is 9.21. The summed E-state index contributed by atoms with van der Waals surface area (Å²) in [6, 6.07) is 11.5. The fraction of sp³-hybridized carbons (Fsp3) is 0.429. The molecule has 26 heavy (non-hydrogen) atoms. The van der Waals surface area contributed by atoms with Gasteiger partial charge in [0.05, 0.1) is 24.9 Å². The predicted octanol–water partition coefficient (Wildman–Crippen LogP) is 3.23. The average molecular weight is 352 g/mol. The Bertz CT molecular complexity index is 780. The molecule has 0 bridgehead atoms. The van der Waals surface area contributed by atoms with Crippen LogP contribution in [0.2, 0.25) is 0 Å². The second-order valence-electron chi connectivity index (χ2n) is 7.27. The summed E-state index contributed by atoms with van der Waals surface area (Å²) in [6.45, 7) is 3.96. The number of rotatable bonds is 3. The first-order chi connectivity index (χ1) is 12.7. The van der Waals surface area contributed by atoms with E-state index in [-0.39, 0.29) is 17.6 Å². The van der Waals surface area contributed by atoms with Crippen molar-refractivity contribution < 1.29 is 14.3 Å². The SMILES string of the molecule is Cc1ccccc1C(=O)N1CCC[C@]2(C[C@@H](Oc3cccnc3)CO2)C1. The van der Waals surface area contributed by atoms with E-state index in [2.05, 4.69) is 4.98 Å². The minimum absolute atomic E-state index is 0.00714. The van der Waals surface area contributed by atoms with Crippen LogP contribution in [-0.2, 0) is 4.74 Å². The van der Waals surface area contributed by atoms with Crippen molar-refractivity contribution in [3.05, 3.63) is 59.9 Å². The molecule has 1 spiro atoms. The Balaban J connectivity index is 1.44. The highest BCUT2D eigenvalue weighted by atomic mass is 16.6. The van der Waals surface area contributed by atoms with Gasteiger partial charge in [-0.1, -0.05) is 18.2 Å². The summed E-state index contributed by atoms with van der Waals surface area (Å²) >= 11 is 0. The summed E-state index contributed by atoms with van der Waals surface area (Å²) in [7, 11) is 0. The molecule has 2 aromatic rings. The third-order valence-electron chi connectivity index (χ3n) is 5.31. The van der Waals surface area contributed by atoms with Gasteiger partial charge in [-0.3, -0.25) is 9.78 Å². The highest BCUT2D eigenvalue weighted by Gasteiger charge is 2.45. The number of aryl methyl sites for hydroxylation is 1. The fourth-order valence-corrected chi connectivity index (χ4v) is 4.03. The number of nitrogens with zero attached hydrogens (tertiary/aromatic N) is 2. The Kier molecular flexibility index (Phi) is 4.64. The van der Waals surface area contributed by atoms with E-state index in [1.807, 2.05) is 48.2 Å². The first-order valence-electron chi connectivity index (χ1n) is 9.21. The standard InChI is InChI=1S/C21H24N2O3/c1-16-6-2-3-8-19(16)20(24)23-11-5-9-21(15-23)12-18(14-25-21)26-17-7-4-10-22-13-17/h2-4,6-8,10,13,18H,5,9,11-12,14-15H2,1H3/t18-,21+/m1/s1. The highest BCUT2D eigenvalue weighted by Crippen LogP contribution is 2.36. The van der Waals surface area contributed by atoms with Crippen LogP contribution in [0.15, 0.2) is 48.8 Å². The monoisotopic (exact) mass is 352 g/mol. The van der Waals surface area contributed by atoms with Crippen LogP contribution in [0.5, 0.6) is 5.75 Å². The molecular formula is C21H24N2O3. The molecule has 2 aliphatic rings. The Morgan fingerprint density at radius 3 is 3.00 bits per heavy atom. The Hall–Kier alpha value is -2.40. The van der Waals surface area contributed by atoms with Crippen LogP contribution in [0.1, 0.15) is 35.2 Å². The zero-order valence-corrected chi connectivity index (χ0v) is 15.1. The van der Waals surface area contributed by atoms with E-state index >= 15 is 0 Å². The lowest BCUT2D eigenvalue weighted by Gasteiger charge is -2.39. The van der Waals surface area contributed by atoms with E-state index in [1.165, 1.54) is 0 Å². The lowest BCUT2D eigenvalue weighted by molar-refractivity contribution is -0.0453. The van der Waals surface area contributed by atoms with Gasteiger partial charge in [-0.15, -0.1) is 0 Å². The number of benzene rings is 1. The lowest BCUT2D eigenvalue weighted by Crippen LogP contribution is -2.50. The minimum atomic E-state index is -0.288. The van der Waals surface area contributed by atoms with Crippen LogP contribution in [0.25, 0.3) is 0 Å². The third kappa shape index (κ3) is 3.44. The molecule has 2 atom stereocenters. The summed E-state index contributed by atoms with van der Waals surface area (Å²) in [5.74, 6) is 0.865. The molecule has 1 aromatic carbocycles. The fourth-order valence-electron chi connectivity index (χ4n) is 4.03. The van der Waals surface area contributed by atoms with Crippen LogP contribution < -0.4 is 4.74 Å². The van der Waals surface area contributed by atoms with E-state index in [9.17, 15) is 4.79 Å². The summed E-state index contributed by atoms with van der Waals surface area (Å²) in [6.07, 6.45) is 6.19. The maximum Gasteiger partial charge on any atom is 0.254 e. The molecule has 0 unspecified atom stereocenters. The zero-order chi connectivity index (χ0) is 18.0. The quantitative estimate of drug-likeness (QED) is 0.851. The number of likely N-dealkylation sites (tertiary alicyclic amines) is 1. The molecule has 5 nitrogen and oxygen atoms in total. The summed E-state index contributed by atoms with van der Waals surface area (Å²) in [4.78, 5) is 19.0. The van der Waals surface area contributed by atoms with Gasteiger partial charge >= 0.3 is 0 Å². The number of hydrogen-bond donors (Lipinski definition) is 0. The molecule has 0 radical (unpaired) electrons. The molecule has 136 valence electrons. The number of aromatic nitrogens is 1. The second kappa shape index (κ2) is 7.08. The van der Waals surface area contributed by atoms with Crippen molar-refractivity contribution in [3.8, 4) is 5.75 Å². The predicted molar refractivity (Wildman–Crippen MR) is 98.3 cm³/mol. The summed E-state index contributed by atoms with van der Waals surface area (Å²) in [5, 5.41) is 0. The van der Waals surface area contributed by atoms with Crippen molar-refractivity contribution in [2.45, 2.75) is 37.9 Å². The molecule has 5 heteroatoms. The third-order valence-corrected chi connectivity index (χ3v) is 5.31. The van der Waals surface area contributed by atoms with E-state index < -0.39 is 0 Å². The van der Waals surface area contributed by atoms with Crippen molar-refractivity contribution in [1.82, 2.24) is 9.88 Å².